The average molecular weight is 954 g/mol. The predicted molar refractivity (Wildman–Crippen MR) is 241 cm³/mol. The Kier molecular flexibility index (Phi) is 47.1. The standard InChI is InChI=1S/C23H44N4O8S14/c28-1-3-33-22(30)26-8-38-13-42-16-41-12-37-7-25-10-49(32)21-47-19-45-17-44-18-46-20-48-23(31)27-9-39-14-43-15-40-11-36-6-24-5-35-34-4-2-29/h5,10,28-29H,1-4,6-9,11-21H2,(H,26,30)(H,27,31). The van der Waals surface area contributed by atoms with Crippen molar-refractivity contribution in [1.29, 1.82) is 0 Å². The van der Waals surface area contributed by atoms with Gasteiger partial charge in [-0.05, 0) is 0 Å². The Balaban J connectivity index is 3.33. The molecule has 288 valence electrons. The molecule has 1 atom stereocenters. The third kappa shape index (κ3) is 44.7. The highest BCUT2D eigenvalue weighted by Crippen LogP contribution is 2.24. The summed E-state index contributed by atoms with van der Waals surface area (Å²) in [5.41, 5.74) is 1.55. The Morgan fingerprint density at radius 3 is 1.76 bits per heavy atom. The minimum absolute atomic E-state index is 0.00778. The van der Waals surface area contributed by atoms with Gasteiger partial charge in [0.25, 0.3) is 5.24 Å². The van der Waals surface area contributed by atoms with Crippen LogP contribution >= 0.6 is 153 Å². The zero-order chi connectivity index (χ0) is 35.7. The van der Waals surface area contributed by atoms with Gasteiger partial charge in [0.15, 0.2) is 0 Å². The van der Waals surface area contributed by atoms with Crippen LogP contribution in [0.25, 0.3) is 0 Å². The molecule has 0 saturated carbocycles. The highest BCUT2D eigenvalue weighted by molar-refractivity contribution is 8.30. The summed E-state index contributed by atoms with van der Waals surface area (Å²) in [6, 6.07) is 0. The summed E-state index contributed by atoms with van der Waals surface area (Å²) in [4.78, 5) is 40.7. The van der Waals surface area contributed by atoms with Gasteiger partial charge in [-0.3, -0.25) is 14.0 Å². The van der Waals surface area contributed by atoms with E-state index in [0.29, 0.717) is 28.6 Å². The van der Waals surface area contributed by atoms with E-state index in [9.17, 15) is 13.8 Å². The average Bonchev–Trinajstić information content (AvgIpc) is 3.10. The van der Waals surface area contributed by atoms with Crippen LogP contribution in [0.4, 0.5) is 9.59 Å². The fraction of sp³-hybridized carbons (Fsp3) is 0.826. The molecule has 4 N–H and O–H groups in total. The van der Waals surface area contributed by atoms with Crippen LogP contribution in [0, 0.1) is 0 Å². The van der Waals surface area contributed by atoms with E-state index in [2.05, 4.69) is 30.4 Å². The van der Waals surface area contributed by atoms with Gasteiger partial charge in [-0.2, -0.15) is 4.89 Å². The molecular formula is C23H44N4O8S14. The van der Waals surface area contributed by atoms with Gasteiger partial charge in [-0.15, -0.1) is 141 Å². The fourth-order valence-electron chi connectivity index (χ4n) is 2.02. The number of nitrogens with zero attached hydrogens (tertiary/aromatic N) is 2. The molecule has 1 unspecified atom stereocenters. The Morgan fingerprint density at radius 1 is 0.633 bits per heavy atom. The van der Waals surface area contributed by atoms with Gasteiger partial charge in [0.1, 0.15) is 13.2 Å². The van der Waals surface area contributed by atoms with Gasteiger partial charge >= 0.3 is 6.09 Å². The molecule has 12 nitrogen and oxygen atoms in total. The van der Waals surface area contributed by atoms with Crippen molar-refractivity contribution >= 4 is 187 Å². The number of amides is 2. The van der Waals surface area contributed by atoms with Crippen LogP contribution in [0.5, 0.6) is 0 Å². The molecule has 0 heterocycles. The first kappa shape index (κ1) is 51.5. The number of hydrogen-bond acceptors (Lipinski definition) is 23. The molecular weight excluding hydrogens is 909 g/mol. The Morgan fingerprint density at radius 2 is 1.14 bits per heavy atom. The van der Waals surface area contributed by atoms with Gasteiger partial charge < -0.3 is 30.5 Å². The summed E-state index contributed by atoms with van der Waals surface area (Å²) < 4.78 is 16.8. The predicted octanol–water partition coefficient (Wildman–Crippen LogP) is 7.05. The Hall–Kier alpha value is 2.46. The molecule has 0 saturated heterocycles. The Labute approximate surface area is 348 Å². The number of carbonyl (C=O) groups excluding carboxylic acids is 2. The number of hydrogen-bond donors (Lipinski definition) is 4. The molecule has 0 aliphatic heterocycles. The van der Waals surface area contributed by atoms with Crippen LogP contribution in [0.1, 0.15) is 0 Å². The highest BCUT2D eigenvalue weighted by atomic mass is 32.3. The van der Waals surface area contributed by atoms with E-state index in [1.54, 1.807) is 99.6 Å². The van der Waals surface area contributed by atoms with Crippen LogP contribution in [0.3, 0.4) is 0 Å². The summed E-state index contributed by atoms with van der Waals surface area (Å²) >= 11 is 22.3. The number of thioether (sulfide) groups is 13. The SMILES string of the molecule is O=C(NCSCSCSCSCN=CS(=O)CSCSCSCSCSC(=O)NCSCSCSCSCN=COOCCO)OCCO. The zero-order valence-electron chi connectivity index (χ0n) is 26.5. The minimum Gasteiger partial charge on any atom is -0.447 e. The van der Waals surface area contributed by atoms with Crippen molar-refractivity contribution in [2.24, 2.45) is 9.98 Å². The molecule has 0 bridgehead atoms. The topological polar surface area (TPSA) is 168 Å². The van der Waals surface area contributed by atoms with Gasteiger partial charge in [0, 0.05) is 50.8 Å². The monoisotopic (exact) mass is 952 g/mol. The maximum absolute atomic E-state index is 12.1. The molecule has 2 amide bonds. The summed E-state index contributed by atoms with van der Waals surface area (Å²) in [5, 5.41) is 32.3. The molecule has 0 aromatic heterocycles. The summed E-state index contributed by atoms with van der Waals surface area (Å²) in [6.45, 7) is -0.132. The first-order valence-electron chi connectivity index (χ1n) is 13.7. The third-order valence-electron chi connectivity index (χ3n) is 3.82. The largest absolute Gasteiger partial charge is 0.447 e. The van der Waals surface area contributed by atoms with Crippen molar-refractivity contribution in [3.8, 4) is 0 Å². The molecule has 0 spiro atoms. The van der Waals surface area contributed by atoms with Crippen molar-refractivity contribution in [3.63, 3.8) is 0 Å². The maximum Gasteiger partial charge on any atom is 0.407 e. The number of aliphatic hydroxyl groups is 2. The van der Waals surface area contributed by atoms with Crippen LogP contribution in [0.2, 0.25) is 0 Å². The summed E-state index contributed by atoms with van der Waals surface area (Å²) in [6.07, 6.45) is 0.724. The van der Waals surface area contributed by atoms with E-state index < -0.39 is 16.9 Å². The van der Waals surface area contributed by atoms with Crippen LogP contribution in [0.15, 0.2) is 9.98 Å². The van der Waals surface area contributed by atoms with E-state index in [1.165, 1.54) is 18.2 Å². The Bertz CT molecular complexity index is 849. The minimum atomic E-state index is -1.05. The van der Waals surface area contributed by atoms with Gasteiger partial charge in [0.05, 0.1) is 58.2 Å². The van der Waals surface area contributed by atoms with Crippen molar-refractivity contribution in [1.82, 2.24) is 10.6 Å². The molecule has 49 heavy (non-hydrogen) atoms. The number of rotatable bonds is 37. The van der Waals surface area contributed by atoms with E-state index in [4.69, 9.17) is 14.9 Å². The molecule has 0 aromatic carbocycles. The van der Waals surface area contributed by atoms with Gasteiger partial charge in [-0.25, -0.2) is 9.79 Å². The normalized spacial score (nSPS) is 12.1. The zero-order valence-corrected chi connectivity index (χ0v) is 38.0. The van der Waals surface area contributed by atoms with E-state index in [-0.39, 0.29) is 31.7 Å². The van der Waals surface area contributed by atoms with E-state index in [0.717, 1.165) is 50.8 Å². The number of alkyl carbamates (subject to hydrolysis) is 1. The molecule has 0 aliphatic carbocycles. The number of aliphatic hydroxyl groups excluding tert-OH is 2. The molecule has 0 fully saturated rings. The van der Waals surface area contributed by atoms with Crippen molar-refractivity contribution in [2.45, 2.75) is 0 Å². The van der Waals surface area contributed by atoms with Crippen LogP contribution in [-0.2, 0) is 25.3 Å². The lowest BCUT2D eigenvalue weighted by Gasteiger charge is -2.05. The lowest BCUT2D eigenvalue weighted by Crippen LogP contribution is -2.24. The second-order valence-electron chi connectivity index (χ2n) is 7.54. The van der Waals surface area contributed by atoms with Crippen molar-refractivity contribution < 1.29 is 38.5 Å². The maximum atomic E-state index is 12.1. The number of nitrogens with one attached hydrogen (secondary N) is 2. The molecule has 0 aromatic rings. The molecule has 0 aliphatic rings. The lowest BCUT2D eigenvalue weighted by atomic mass is 10.8. The number of carbonyl (C=O) groups is 2. The van der Waals surface area contributed by atoms with Crippen LogP contribution in [-0.4, -0.2) is 144 Å². The summed E-state index contributed by atoms with van der Waals surface area (Å²) in [5.74, 6) is 2.29. The number of aliphatic imine (C=N–C) groups is 2. The third-order valence-corrected chi connectivity index (χ3v) is 20.7. The highest BCUT2D eigenvalue weighted by Gasteiger charge is 2.03. The molecule has 0 radical (unpaired) electrons. The molecule has 0 rings (SSSR count). The smallest absolute Gasteiger partial charge is 0.407 e. The van der Waals surface area contributed by atoms with Crippen molar-refractivity contribution in [2.75, 3.05) is 106 Å². The van der Waals surface area contributed by atoms with Gasteiger partial charge in [-0.1, -0.05) is 11.8 Å². The fourth-order valence-corrected chi connectivity index (χ4v) is 17.7. The summed E-state index contributed by atoms with van der Waals surface area (Å²) in [7, 11) is -1.05. The van der Waals surface area contributed by atoms with Crippen molar-refractivity contribution in [3.05, 3.63) is 0 Å². The molecule has 26 heteroatoms. The van der Waals surface area contributed by atoms with E-state index in [1.807, 2.05) is 47.0 Å². The quantitative estimate of drug-likeness (QED) is 0.0125. The first-order chi connectivity index (χ1) is 24.1. The lowest BCUT2D eigenvalue weighted by molar-refractivity contribution is -0.221. The second-order valence-corrected chi connectivity index (χ2v) is 25.5. The van der Waals surface area contributed by atoms with E-state index >= 15 is 0 Å². The number of ether oxygens (including phenoxy) is 1. The first-order valence-corrected chi connectivity index (χ1v) is 29.9. The van der Waals surface area contributed by atoms with Crippen LogP contribution < -0.4 is 10.6 Å². The second kappa shape index (κ2) is 44.9. The van der Waals surface area contributed by atoms with Gasteiger partial charge in [0.2, 0.25) is 6.40 Å².